The highest BCUT2D eigenvalue weighted by molar-refractivity contribution is 8.00. The highest BCUT2D eigenvalue weighted by atomic mass is 32.2. The van der Waals surface area contributed by atoms with Gasteiger partial charge in [0.1, 0.15) is 5.76 Å². The number of hydrogen-bond acceptors (Lipinski definition) is 5. The Balaban J connectivity index is 2.36. The van der Waals surface area contributed by atoms with Crippen LogP contribution >= 0.6 is 11.8 Å². The summed E-state index contributed by atoms with van der Waals surface area (Å²) in [7, 11) is 3.84. The van der Waals surface area contributed by atoms with Crippen LogP contribution < -0.4 is 11.1 Å². The number of thioether (sulfide) groups is 1. The molecule has 0 aliphatic carbocycles. The molecule has 1 aromatic heterocycles. The molecule has 0 fully saturated rings. The molecule has 2 amide bonds. The first-order valence-electron chi connectivity index (χ1n) is 5.83. The number of nitrogens with zero attached hydrogens (tertiary/aromatic N) is 1. The molecule has 1 atom stereocenters. The van der Waals surface area contributed by atoms with E-state index in [1.807, 2.05) is 31.1 Å². The molecule has 0 radical (unpaired) electrons. The maximum absolute atomic E-state index is 11.6. The van der Waals surface area contributed by atoms with Crippen LogP contribution in [0.15, 0.2) is 22.8 Å². The van der Waals surface area contributed by atoms with Crippen molar-refractivity contribution in [3.63, 3.8) is 0 Å². The number of primary amides is 1. The summed E-state index contributed by atoms with van der Waals surface area (Å²) in [5.74, 6) is 0.642. The van der Waals surface area contributed by atoms with Gasteiger partial charge >= 0.3 is 0 Å². The molecule has 6 nitrogen and oxygen atoms in total. The second kappa shape index (κ2) is 7.85. The van der Waals surface area contributed by atoms with Crippen LogP contribution in [0.1, 0.15) is 11.8 Å². The Bertz CT molecular complexity index is 406. The van der Waals surface area contributed by atoms with E-state index in [0.29, 0.717) is 6.54 Å². The molecule has 7 heteroatoms. The Labute approximate surface area is 116 Å². The second-order valence-corrected chi connectivity index (χ2v) is 5.24. The number of nitrogens with one attached hydrogen (secondary N) is 1. The normalized spacial score (nSPS) is 12.4. The molecular formula is C12H19N3O3S. The Kier molecular flexibility index (Phi) is 6.44. The number of rotatable bonds is 8. The van der Waals surface area contributed by atoms with E-state index >= 15 is 0 Å². The lowest BCUT2D eigenvalue weighted by atomic mass is 10.2. The average molecular weight is 285 g/mol. The predicted octanol–water partition coefficient (Wildman–Crippen LogP) is 0.217. The van der Waals surface area contributed by atoms with Crippen LogP contribution in [-0.2, 0) is 9.59 Å². The molecule has 0 aromatic carbocycles. The maximum Gasteiger partial charge on any atom is 0.230 e. The van der Waals surface area contributed by atoms with E-state index in [1.54, 1.807) is 6.26 Å². The van der Waals surface area contributed by atoms with Gasteiger partial charge in [0, 0.05) is 6.54 Å². The number of carbonyl (C=O) groups is 2. The zero-order valence-corrected chi connectivity index (χ0v) is 11.9. The molecule has 1 aromatic rings. The van der Waals surface area contributed by atoms with Gasteiger partial charge in [-0.2, -0.15) is 0 Å². The van der Waals surface area contributed by atoms with E-state index in [0.717, 1.165) is 5.76 Å². The number of furan rings is 1. The number of amides is 2. The summed E-state index contributed by atoms with van der Waals surface area (Å²) in [6.07, 6.45) is 1.61. The van der Waals surface area contributed by atoms with Gasteiger partial charge in [-0.25, -0.2) is 0 Å². The van der Waals surface area contributed by atoms with E-state index in [9.17, 15) is 9.59 Å². The van der Waals surface area contributed by atoms with Crippen LogP contribution in [0.3, 0.4) is 0 Å². The zero-order chi connectivity index (χ0) is 14.3. The number of hydrogen-bond donors (Lipinski definition) is 2. The molecule has 0 saturated heterocycles. The third-order valence-corrected chi connectivity index (χ3v) is 3.42. The van der Waals surface area contributed by atoms with Crippen molar-refractivity contribution in [2.75, 3.05) is 32.1 Å². The van der Waals surface area contributed by atoms with Crippen molar-refractivity contribution in [2.45, 2.75) is 6.04 Å². The SMILES string of the molecule is CN(C)C(CNC(=O)CSCC(N)=O)c1ccco1. The first-order chi connectivity index (χ1) is 9.00. The van der Waals surface area contributed by atoms with Gasteiger partial charge in [-0.05, 0) is 26.2 Å². The fraction of sp³-hybridized carbons (Fsp3) is 0.500. The van der Waals surface area contributed by atoms with E-state index in [-0.39, 0.29) is 23.5 Å². The van der Waals surface area contributed by atoms with Gasteiger partial charge in [-0.1, -0.05) is 0 Å². The molecule has 0 saturated carbocycles. The van der Waals surface area contributed by atoms with Gasteiger partial charge < -0.3 is 15.5 Å². The highest BCUT2D eigenvalue weighted by Crippen LogP contribution is 2.17. The molecule has 0 bridgehead atoms. The molecule has 106 valence electrons. The molecule has 1 unspecified atom stereocenters. The lowest BCUT2D eigenvalue weighted by Crippen LogP contribution is -2.35. The van der Waals surface area contributed by atoms with Crippen molar-refractivity contribution in [3.8, 4) is 0 Å². The molecule has 1 heterocycles. The zero-order valence-electron chi connectivity index (χ0n) is 11.1. The summed E-state index contributed by atoms with van der Waals surface area (Å²) in [4.78, 5) is 24.1. The van der Waals surface area contributed by atoms with Crippen molar-refractivity contribution < 1.29 is 14.0 Å². The predicted molar refractivity (Wildman–Crippen MR) is 74.7 cm³/mol. The summed E-state index contributed by atoms with van der Waals surface area (Å²) in [5, 5.41) is 2.81. The fourth-order valence-electron chi connectivity index (χ4n) is 1.52. The quantitative estimate of drug-likeness (QED) is 0.713. The number of carbonyl (C=O) groups excluding carboxylic acids is 2. The minimum Gasteiger partial charge on any atom is -0.468 e. The number of nitrogens with two attached hydrogens (primary N) is 1. The van der Waals surface area contributed by atoms with Crippen molar-refractivity contribution in [2.24, 2.45) is 5.73 Å². The van der Waals surface area contributed by atoms with E-state index in [1.165, 1.54) is 11.8 Å². The Morgan fingerprint density at radius 3 is 2.74 bits per heavy atom. The van der Waals surface area contributed by atoms with Gasteiger partial charge in [-0.15, -0.1) is 11.8 Å². The lowest BCUT2D eigenvalue weighted by molar-refractivity contribution is -0.118. The molecular weight excluding hydrogens is 266 g/mol. The molecule has 0 spiro atoms. The van der Waals surface area contributed by atoms with Crippen LogP contribution in [0.25, 0.3) is 0 Å². The third kappa shape index (κ3) is 5.80. The Morgan fingerprint density at radius 2 is 2.21 bits per heavy atom. The van der Waals surface area contributed by atoms with E-state index < -0.39 is 5.91 Å². The average Bonchev–Trinajstić information content (AvgIpc) is 2.82. The molecule has 0 aliphatic rings. The topological polar surface area (TPSA) is 88.6 Å². The van der Waals surface area contributed by atoms with Gasteiger partial charge in [0.25, 0.3) is 0 Å². The van der Waals surface area contributed by atoms with Gasteiger partial charge in [0.15, 0.2) is 0 Å². The van der Waals surface area contributed by atoms with Crippen molar-refractivity contribution in [1.82, 2.24) is 10.2 Å². The van der Waals surface area contributed by atoms with Crippen LogP contribution in [-0.4, -0.2) is 48.9 Å². The van der Waals surface area contributed by atoms with Crippen molar-refractivity contribution in [3.05, 3.63) is 24.2 Å². The largest absolute Gasteiger partial charge is 0.468 e. The van der Waals surface area contributed by atoms with E-state index in [2.05, 4.69) is 5.32 Å². The molecule has 0 aliphatic heterocycles. The first-order valence-corrected chi connectivity index (χ1v) is 6.98. The lowest BCUT2D eigenvalue weighted by Gasteiger charge is -2.22. The van der Waals surface area contributed by atoms with Crippen LogP contribution in [0.5, 0.6) is 0 Å². The summed E-state index contributed by atoms with van der Waals surface area (Å²) in [5.41, 5.74) is 4.99. The van der Waals surface area contributed by atoms with Gasteiger partial charge in [-0.3, -0.25) is 14.5 Å². The smallest absolute Gasteiger partial charge is 0.230 e. The van der Waals surface area contributed by atoms with Gasteiger partial charge in [0.05, 0.1) is 23.8 Å². The van der Waals surface area contributed by atoms with Crippen molar-refractivity contribution in [1.29, 1.82) is 0 Å². The Morgan fingerprint density at radius 1 is 1.47 bits per heavy atom. The van der Waals surface area contributed by atoms with Crippen LogP contribution in [0.2, 0.25) is 0 Å². The highest BCUT2D eigenvalue weighted by Gasteiger charge is 2.17. The summed E-state index contributed by atoms with van der Waals surface area (Å²) < 4.78 is 5.34. The van der Waals surface area contributed by atoms with Crippen molar-refractivity contribution >= 4 is 23.6 Å². The molecule has 3 N–H and O–H groups in total. The standard InChI is InChI=1S/C12H19N3O3S/c1-15(2)9(10-4-3-5-18-10)6-14-12(17)8-19-7-11(13)16/h3-5,9H,6-8H2,1-2H3,(H2,13,16)(H,14,17). The van der Waals surface area contributed by atoms with E-state index in [4.69, 9.17) is 10.2 Å². The minimum absolute atomic E-state index is 0.0138. The van der Waals surface area contributed by atoms with Crippen LogP contribution in [0, 0.1) is 0 Å². The third-order valence-electron chi connectivity index (χ3n) is 2.47. The van der Waals surface area contributed by atoms with Gasteiger partial charge in [0.2, 0.25) is 11.8 Å². The monoisotopic (exact) mass is 285 g/mol. The molecule has 19 heavy (non-hydrogen) atoms. The fourth-order valence-corrected chi connectivity index (χ4v) is 2.12. The molecule has 1 rings (SSSR count). The Hall–Kier alpha value is -1.47. The first kappa shape index (κ1) is 15.6. The summed E-state index contributed by atoms with van der Waals surface area (Å²) in [6, 6.07) is 3.68. The second-order valence-electron chi connectivity index (χ2n) is 4.26. The van der Waals surface area contributed by atoms with Crippen LogP contribution in [0.4, 0.5) is 0 Å². The summed E-state index contributed by atoms with van der Waals surface area (Å²) >= 11 is 1.20. The maximum atomic E-state index is 11.6. The summed E-state index contributed by atoms with van der Waals surface area (Å²) in [6.45, 7) is 0.455. The number of likely N-dealkylation sites (N-methyl/N-ethyl adjacent to an activating group) is 1. The minimum atomic E-state index is -0.417.